The maximum absolute atomic E-state index is 12.4. The first-order valence-corrected chi connectivity index (χ1v) is 8.61. The van der Waals surface area contributed by atoms with Crippen LogP contribution in [0.3, 0.4) is 0 Å². The average molecular weight is 360 g/mol. The lowest BCUT2D eigenvalue weighted by Crippen LogP contribution is -2.47. The van der Waals surface area contributed by atoms with Crippen molar-refractivity contribution in [1.29, 1.82) is 0 Å². The lowest BCUT2D eigenvalue weighted by Gasteiger charge is -2.24. The maximum atomic E-state index is 12.4. The Hall–Kier alpha value is -1.11. The minimum Gasteiger partial charge on any atom is -0.346 e. The summed E-state index contributed by atoms with van der Waals surface area (Å²) in [6.07, 6.45) is 2.00. The van der Waals surface area contributed by atoms with Crippen molar-refractivity contribution in [1.82, 2.24) is 10.2 Å². The number of hydrogen-bond acceptors (Lipinski definition) is 4. The minimum atomic E-state index is -0.567. The lowest BCUT2D eigenvalue weighted by molar-refractivity contribution is -0.134. The Morgan fingerprint density at radius 2 is 2.13 bits per heavy atom. The van der Waals surface area contributed by atoms with Crippen LogP contribution in [0.15, 0.2) is 12.1 Å². The second-order valence-corrected chi connectivity index (χ2v) is 7.50. The average Bonchev–Trinajstić information content (AvgIpc) is 3.11. The molecule has 0 saturated carbocycles. The van der Waals surface area contributed by atoms with E-state index >= 15 is 0 Å². The van der Waals surface area contributed by atoms with Crippen LogP contribution in [-0.4, -0.2) is 35.8 Å². The number of carbonyl (C=O) groups is 2. The van der Waals surface area contributed by atoms with Crippen LogP contribution in [0.4, 0.5) is 0 Å². The van der Waals surface area contributed by atoms with Gasteiger partial charge in [0.15, 0.2) is 0 Å². The molecule has 1 saturated heterocycles. The van der Waals surface area contributed by atoms with Crippen LogP contribution in [0, 0.1) is 12.8 Å². The predicted molar refractivity (Wildman–Crippen MR) is 95.8 cm³/mol. The summed E-state index contributed by atoms with van der Waals surface area (Å²) >= 11 is 1.74. The summed E-state index contributed by atoms with van der Waals surface area (Å²) in [5.74, 6) is -0.229. The number of nitrogens with zero attached hydrogens (tertiary/aromatic N) is 1. The van der Waals surface area contributed by atoms with E-state index in [4.69, 9.17) is 5.73 Å². The van der Waals surface area contributed by atoms with E-state index < -0.39 is 6.04 Å². The smallest absolute Gasteiger partial charge is 0.242 e. The number of nitrogens with two attached hydrogens (primary N) is 1. The summed E-state index contributed by atoms with van der Waals surface area (Å²) in [7, 11) is 0. The Balaban J connectivity index is 0.00000264. The fraction of sp³-hybridized carbons (Fsp3) is 0.625. The molecule has 130 valence electrons. The summed E-state index contributed by atoms with van der Waals surface area (Å²) in [6, 6.07) is 3.78. The molecule has 2 rings (SSSR count). The van der Waals surface area contributed by atoms with E-state index in [1.165, 1.54) is 9.75 Å². The van der Waals surface area contributed by atoms with Crippen molar-refractivity contribution in [2.24, 2.45) is 11.7 Å². The van der Waals surface area contributed by atoms with E-state index in [-0.39, 0.29) is 42.7 Å². The largest absolute Gasteiger partial charge is 0.346 e. The summed E-state index contributed by atoms with van der Waals surface area (Å²) in [5, 5.41) is 2.67. The van der Waals surface area contributed by atoms with E-state index in [1.54, 1.807) is 11.3 Å². The quantitative estimate of drug-likeness (QED) is 0.846. The molecule has 2 amide bonds. The van der Waals surface area contributed by atoms with Crippen molar-refractivity contribution in [3.8, 4) is 0 Å². The van der Waals surface area contributed by atoms with E-state index in [0.717, 1.165) is 19.4 Å². The molecule has 2 heterocycles. The summed E-state index contributed by atoms with van der Waals surface area (Å²) < 4.78 is 0. The number of thiophene rings is 1. The molecular formula is C16H26ClN3O2S. The molecule has 0 aromatic carbocycles. The van der Waals surface area contributed by atoms with Gasteiger partial charge < -0.3 is 16.0 Å². The third kappa shape index (κ3) is 4.93. The van der Waals surface area contributed by atoms with Gasteiger partial charge in [-0.25, -0.2) is 0 Å². The molecule has 1 fully saturated rings. The highest BCUT2D eigenvalue weighted by atomic mass is 35.5. The highest BCUT2D eigenvalue weighted by Crippen LogP contribution is 2.35. The Labute approximate surface area is 148 Å². The van der Waals surface area contributed by atoms with Crippen LogP contribution in [0.1, 0.15) is 42.5 Å². The summed E-state index contributed by atoms with van der Waals surface area (Å²) in [6.45, 7) is 6.64. The highest BCUT2D eigenvalue weighted by molar-refractivity contribution is 7.12. The van der Waals surface area contributed by atoms with E-state index in [0.29, 0.717) is 0 Å². The van der Waals surface area contributed by atoms with Gasteiger partial charge in [-0.05, 0) is 37.8 Å². The maximum Gasteiger partial charge on any atom is 0.242 e. The molecule has 2 atom stereocenters. The van der Waals surface area contributed by atoms with Gasteiger partial charge in [0.25, 0.3) is 0 Å². The fourth-order valence-corrected chi connectivity index (χ4v) is 3.70. The van der Waals surface area contributed by atoms with Gasteiger partial charge in [-0.3, -0.25) is 9.59 Å². The molecule has 1 aromatic heterocycles. The van der Waals surface area contributed by atoms with Crippen molar-refractivity contribution >= 4 is 35.6 Å². The second kappa shape index (κ2) is 8.66. The van der Waals surface area contributed by atoms with Gasteiger partial charge in [0.1, 0.15) is 0 Å². The van der Waals surface area contributed by atoms with Gasteiger partial charge in [-0.15, -0.1) is 23.7 Å². The molecule has 3 N–H and O–H groups in total. The number of hydrogen-bond donors (Lipinski definition) is 2. The molecule has 23 heavy (non-hydrogen) atoms. The standard InChI is InChI=1S/C16H25N3O2S.ClH/c1-10(2)15(17)16(21)18-9-14(20)19-8-4-5-12(19)13-7-6-11(3)22-13;/h6-7,10,12,15H,4-5,8-9,17H2,1-3H3,(H,18,21);1H/t12?,15-;/m0./s1. The molecular weight excluding hydrogens is 334 g/mol. The zero-order valence-corrected chi connectivity index (χ0v) is 15.5. The molecule has 5 nitrogen and oxygen atoms in total. The molecule has 0 bridgehead atoms. The van der Waals surface area contributed by atoms with Crippen molar-refractivity contribution in [2.45, 2.75) is 45.7 Å². The van der Waals surface area contributed by atoms with Crippen molar-refractivity contribution in [3.05, 3.63) is 21.9 Å². The Morgan fingerprint density at radius 1 is 1.43 bits per heavy atom. The SMILES string of the molecule is Cc1ccc(C2CCCN2C(=O)CNC(=O)[C@@H](N)C(C)C)s1.Cl. The van der Waals surface area contributed by atoms with Crippen LogP contribution < -0.4 is 11.1 Å². The molecule has 1 aromatic rings. The first-order chi connectivity index (χ1) is 10.4. The van der Waals surface area contributed by atoms with Gasteiger partial charge in [0.05, 0.1) is 18.6 Å². The summed E-state index contributed by atoms with van der Waals surface area (Å²) in [4.78, 5) is 28.6. The van der Waals surface area contributed by atoms with E-state index in [9.17, 15) is 9.59 Å². The first kappa shape index (κ1) is 19.9. The first-order valence-electron chi connectivity index (χ1n) is 7.79. The fourth-order valence-electron chi connectivity index (χ4n) is 2.68. The van der Waals surface area contributed by atoms with Gasteiger partial charge in [-0.2, -0.15) is 0 Å². The van der Waals surface area contributed by atoms with Crippen LogP contribution in [0.5, 0.6) is 0 Å². The Kier molecular flexibility index (Phi) is 7.51. The number of nitrogens with one attached hydrogen (secondary N) is 1. The van der Waals surface area contributed by atoms with Gasteiger partial charge >= 0.3 is 0 Å². The van der Waals surface area contributed by atoms with Crippen LogP contribution >= 0.6 is 23.7 Å². The number of carbonyl (C=O) groups excluding carboxylic acids is 2. The highest BCUT2D eigenvalue weighted by Gasteiger charge is 2.31. The van der Waals surface area contributed by atoms with Crippen LogP contribution in [-0.2, 0) is 9.59 Å². The topological polar surface area (TPSA) is 75.4 Å². The zero-order chi connectivity index (χ0) is 16.3. The van der Waals surface area contributed by atoms with Crippen molar-refractivity contribution in [3.63, 3.8) is 0 Å². The second-order valence-electron chi connectivity index (χ2n) is 6.18. The van der Waals surface area contributed by atoms with Gasteiger partial charge in [0, 0.05) is 16.3 Å². The molecule has 1 unspecified atom stereocenters. The Bertz CT molecular complexity index is 547. The summed E-state index contributed by atoms with van der Waals surface area (Å²) in [5.41, 5.74) is 5.79. The van der Waals surface area contributed by atoms with Gasteiger partial charge in [0.2, 0.25) is 11.8 Å². The molecule has 1 aliphatic rings. The van der Waals surface area contributed by atoms with Crippen molar-refractivity contribution in [2.75, 3.05) is 13.1 Å². The molecule has 0 spiro atoms. The van der Waals surface area contributed by atoms with E-state index in [1.807, 2.05) is 18.7 Å². The zero-order valence-electron chi connectivity index (χ0n) is 13.9. The number of amides is 2. The third-order valence-electron chi connectivity index (χ3n) is 4.10. The number of halogens is 1. The minimum absolute atomic E-state index is 0. The molecule has 7 heteroatoms. The predicted octanol–water partition coefficient (Wildman–Crippen LogP) is 2.24. The molecule has 0 radical (unpaired) electrons. The normalized spacial score (nSPS) is 18.7. The Morgan fingerprint density at radius 3 is 2.70 bits per heavy atom. The monoisotopic (exact) mass is 359 g/mol. The lowest BCUT2D eigenvalue weighted by atomic mass is 10.1. The molecule has 0 aliphatic carbocycles. The van der Waals surface area contributed by atoms with Crippen molar-refractivity contribution < 1.29 is 9.59 Å². The third-order valence-corrected chi connectivity index (χ3v) is 5.20. The number of rotatable bonds is 5. The van der Waals surface area contributed by atoms with Gasteiger partial charge in [-0.1, -0.05) is 13.8 Å². The molecule has 1 aliphatic heterocycles. The van der Waals surface area contributed by atoms with E-state index in [2.05, 4.69) is 24.4 Å². The number of likely N-dealkylation sites (tertiary alicyclic amines) is 1. The number of aryl methyl sites for hydroxylation is 1. The van der Waals surface area contributed by atoms with Crippen LogP contribution in [0.2, 0.25) is 0 Å². The van der Waals surface area contributed by atoms with Crippen LogP contribution in [0.25, 0.3) is 0 Å².